The molecule has 2 aliphatic rings. The van der Waals surface area contributed by atoms with Gasteiger partial charge in [0, 0.05) is 24.1 Å². The van der Waals surface area contributed by atoms with E-state index in [-0.39, 0.29) is 17.2 Å². The van der Waals surface area contributed by atoms with Crippen molar-refractivity contribution in [2.24, 2.45) is 0 Å². The lowest BCUT2D eigenvalue weighted by molar-refractivity contribution is -0.118. The van der Waals surface area contributed by atoms with Crippen LogP contribution in [0.2, 0.25) is 0 Å². The highest BCUT2D eigenvalue weighted by molar-refractivity contribution is 8.00. The standard InChI is InChI=1S/C16H21N3O3S/c1-22-9-6-17-14(20)11-4-5-13-12(10-11)18-15(21)16(23-13)19-7-2-3-8-19/h4-5,10,16H,2-3,6-9H2,1H3,(H,17,20)(H,18,21). The predicted octanol–water partition coefficient (Wildman–Crippen LogP) is 1.53. The molecule has 1 aromatic carbocycles. The molecule has 0 aromatic heterocycles. The van der Waals surface area contributed by atoms with E-state index in [4.69, 9.17) is 4.74 Å². The third-order valence-corrected chi connectivity index (χ3v) is 5.37. The van der Waals surface area contributed by atoms with Gasteiger partial charge in [0.25, 0.3) is 11.8 Å². The summed E-state index contributed by atoms with van der Waals surface area (Å²) in [6.45, 7) is 2.88. The summed E-state index contributed by atoms with van der Waals surface area (Å²) >= 11 is 1.57. The van der Waals surface area contributed by atoms with E-state index in [9.17, 15) is 9.59 Å². The number of hydrogen-bond donors (Lipinski definition) is 2. The van der Waals surface area contributed by atoms with E-state index in [1.165, 1.54) is 0 Å². The van der Waals surface area contributed by atoms with Crippen LogP contribution in [-0.4, -0.2) is 55.4 Å². The second-order valence-electron chi connectivity index (χ2n) is 5.66. The first kappa shape index (κ1) is 16.3. The molecule has 1 saturated heterocycles. The van der Waals surface area contributed by atoms with E-state index in [0.717, 1.165) is 36.5 Å². The van der Waals surface area contributed by atoms with Gasteiger partial charge in [-0.1, -0.05) is 11.8 Å². The molecule has 7 heteroatoms. The van der Waals surface area contributed by atoms with Crippen molar-refractivity contribution >= 4 is 29.3 Å². The third-order valence-electron chi connectivity index (χ3n) is 4.03. The molecule has 23 heavy (non-hydrogen) atoms. The Bertz CT molecular complexity index is 602. The van der Waals surface area contributed by atoms with Gasteiger partial charge >= 0.3 is 0 Å². The number of likely N-dealkylation sites (tertiary alicyclic amines) is 1. The molecule has 6 nitrogen and oxygen atoms in total. The molecule has 2 amide bonds. The second-order valence-corrected chi connectivity index (χ2v) is 6.78. The molecule has 1 atom stereocenters. The smallest absolute Gasteiger partial charge is 0.252 e. The van der Waals surface area contributed by atoms with Gasteiger partial charge in [-0.15, -0.1) is 0 Å². The Labute approximate surface area is 139 Å². The average Bonchev–Trinajstić information content (AvgIpc) is 3.08. The Morgan fingerprint density at radius 3 is 2.96 bits per heavy atom. The molecule has 0 saturated carbocycles. The first-order chi connectivity index (χ1) is 11.2. The second kappa shape index (κ2) is 7.33. The summed E-state index contributed by atoms with van der Waals surface area (Å²) in [5, 5.41) is 5.56. The van der Waals surface area contributed by atoms with Crippen LogP contribution in [0, 0.1) is 0 Å². The highest BCUT2D eigenvalue weighted by atomic mass is 32.2. The molecule has 0 bridgehead atoms. The van der Waals surface area contributed by atoms with Crippen molar-refractivity contribution in [3.05, 3.63) is 23.8 Å². The van der Waals surface area contributed by atoms with Crippen molar-refractivity contribution in [2.75, 3.05) is 38.7 Å². The lowest BCUT2D eigenvalue weighted by Gasteiger charge is -2.30. The van der Waals surface area contributed by atoms with E-state index in [2.05, 4.69) is 15.5 Å². The molecule has 1 unspecified atom stereocenters. The zero-order chi connectivity index (χ0) is 16.2. The summed E-state index contributed by atoms with van der Waals surface area (Å²) < 4.78 is 4.91. The van der Waals surface area contributed by atoms with Crippen LogP contribution in [0.3, 0.4) is 0 Å². The number of hydrogen-bond acceptors (Lipinski definition) is 5. The number of fused-ring (bicyclic) bond motifs is 1. The van der Waals surface area contributed by atoms with Crippen LogP contribution in [0.4, 0.5) is 5.69 Å². The molecular weight excluding hydrogens is 314 g/mol. The molecule has 1 aromatic rings. The van der Waals surface area contributed by atoms with Crippen LogP contribution in [0.15, 0.2) is 23.1 Å². The summed E-state index contributed by atoms with van der Waals surface area (Å²) in [7, 11) is 1.59. The zero-order valence-electron chi connectivity index (χ0n) is 13.1. The fourth-order valence-corrected chi connectivity index (χ4v) is 3.97. The van der Waals surface area contributed by atoms with Crippen molar-refractivity contribution < 1.29 is 14.3 Å². The summed E-state index contributed by atoms with van der Waals surface area (Å²) in [5.74, 6) is -0.160. The number of methoxy groups -OCH3 is 1. The summed E-state index contributed by atoms with van der Waals surface area (Å²) in [6.07, 6.45) is 2.30. The van der Waals surface area contributed by atoms with Crippen LogP contribution >= 0.6 is 11.8 Å². The predicted molar refractivity (Wildman–Crippen MR) is 89.7 cm³/mol. The maximum absolute atomic E-state index is 12.3. The Kier molecular flexibility index (Phi) is 5.20. The highest BCUT2D eigenvalue weighted by Gasteiger charge is 2.33. The molecule has 3 rings (SSSR count). The molecular formula is C16H21N3O3S. The highest BCUT2D eigenvalue weighted by Crippen LogP contribution is 2.38. The summed E-state index contributed by atoms with van der Waals surface area (Å²) in [6, 6.07) is 5.45. The van der Waals surface area contributed by atoms with Gasteiger partial charge < -0.3 is 15.4 Å². The minimum Gasteiger partial charge on any atom is -0.383 e. The summed E-state index contributed by atoms with van der Waals surface area (Å²) in [5.41, 5.74) is 1.26. The van der Waals surface area contributed by atoms with Crippen LogP contribution < -0.4 is 10.6 Å². The SMILES string of the molecule is COCCNC(=O)c1ccc2c(c1)NC(=O)C(N1CCCC1)S2. The number of nitrogens with zero attached hydrogens (tertiary/aromatic N) is 1. The topological polar surface area (TPSA) is 70.7 Å². The Morgan fingerprint density at radius 2 is 2.22 bits per heavy atom. The Balaban J connectivity index is 1.70. The maximum Gasteiger partial charge on any atom is 0.252 e. The zero-order valence-corrected chi connectivity index (χ0v) is 13.9. The molecule has 0 spiro atoms. The molecule has 1 fully saturated rings. The van der Waals surface area contributed by atoms with Crippen LogP contribution in [0.5, 0.6) is 0 Å². The first-order valence-electron chi connectivity index (χ1n) is 7.82. The number of rotatable bonds is 5. The van der Waals surface area contributed by atoms with E-state index >= 15 is 0 Å². The number of carbonyl (C=O) groups excluding carboxylic acids is 2. The number of ether oxygens (including phenoxy) is 1. The number of anilines is 1. The van der Waals surface area contributed by atoms with Crippen LogP contribution in [-0.2, 0) is 9.53 Å². The fourth-order valence-electron chi connectivity index (χ4n) is 2.83. The quantitative estimate of drug-likeness (QED) is 0.799. The molecule has 124 valence electrons. The largest absolute Gasteiger partial charge is 0.383 e. The molecule has 0 aliphatic carbocycles. The van der Waals surface area contributed by atoms with E-state index < -0.39 is 0 Å². The van der Waals surface area contributed by atoms with Crippen LogP contribution in [0.1, 0.15) is 23.2 Å². The van der Waals surface area contributed by atoms with Gasteiger partial charge in [0.2, 0.25) is 0 Å². The molecule has 2 N–H and O–H groups in total. The van der Waals surface area contributed by atoms with Gasteiger partial charge in [-0.3, -0.25) is 14.5 Å². The number of thioether (sulfide) groups is 1. The average molecular weight is 335 g/mol. The lowest BCUT2D eigenvalue weighted by Crippen LogP contribution is -2.42. The van der Waals surface area contributed by atoms with Gasteiger partial charge in [0.05, 0.1) is 12.3 Å². The van der Waals surface area contributed by atoms with Gasteiger partial charge in [-0.2, -0.15) is 0 Å². The van der Waals surface area contributed by atoms with Crippen molar-refractivity contribution in [1.82, 2.24) is 10.2 Å². The molecule has 0 radical (unpaired) electrons. The van der Waals surface area contributed by atoms with Crippen LogP contribution in [0.25, 0.3) is 0 Å². The van der Waals surface area contributed by atoms with Crippen molar-refractivity contribution in [2.45, 2.75) is 23.1 Å². The molecule has 2 heterocycles. The first-order valence-corrected chi connectivity index (χ1v) is 8.70. The number of nitrogens with one attached hydrogen (secondary N) is 2. The third kappa shape index (κ3) is 3.68. The monoisotopic (exact) mass is 335 g/mol. The summed E-state index contributed by atoms with van der Waals surface area (Å²) in [4.78, 5) is 27.6. The fraction of sp³-hybridized carbons (Fsp3) is 0.500. The van der Waals surface area contributed by atoms with E-state index in [1.54, 1.807) is 31.0 Å². The minimum absolute atomic E-state index is 0.00124. The van der Waals surface area contributed by atoms with Crippen molar-refractivity contribution in [3.8, 4) is 0 Å². The lowest BCUT2D eigenvalue weighted by atomic mass is 10.2. The number of amides is 2. The normalized spacial score (nSPS) is 20.9. The maximum atomic E-state index is 12.3. The van der Waals surface area contributed by atoms with Gasteiger partial charge in [-0.05, 0) is 44.1 Å². The van der Waals surface area contributed by atoms with E-state index in [0.29, 0.717) is 18.7 Å². The number of carbonyl (C=O) groups is 2. The van der Waals surface area contributed by atoms with Gasteiger partial charge in [0.15, 0.2) is 0 Å². The minimum atomic E-state index is -0.161. The van der Waals surface area contributed by atoms with Gasteiger partial charge in [-0.25, -0.2) is 0 Å². The Hall–Kier alpha value is -1.57. The van der Waals surface area contributed by atoms with E-state index in [1.807, 2.05) is 6.07 Å². The molecule has 2 aliphatic heterocycles. The number of benzene rings is 1. The van der Waals surface area contributed by atoms with Crippen molar-refractivity contribution in [1.29, 1.82) is 0 Å². The van der Waals surface area contributed by atoms with Crippen molar-refractivity contribution in [3.63, 3.8) is 0 Å². The Morgan fingerprint density at radius 1 is 1.43 bits per heavy atom. The van der Waals surface area contributed by atoms with Gasteiger partial charge in [0.1, 0.15) is 5.37 Å².